The van der Waals surface area contributed by atoms with Crippen molar-refractivity contribution in [2.45, 2.75) is 12.4 Å². The standard InChI is InChI=1S/C14H12Cl2N2OS/c1-19-9-2-4-12-11(6-9)17-14(7-15)18(12)8-10-3-5-13(16)20-10/h2-6H,7-8H2,1H3. The minimum Gasteiger partial charge on any atom is -0.497 e. The number of methoxy groups -OCH3 is 1. The second-order valence-electron chi connectivity index (χ2n) is 4.31. The number of rotatable bonds is 4. The molecule has 0 unspecified atom stereocenters. The van der Waals surface area contributed by atoms with Crippen molar-refractivity contribution < 1.29 is 4.74 Å². The van der Waals surface area contributed by atoms with Crippen LogP contribution in [0.25, 0.3) is 11.0 Å². The second-order valence-corrected chi connectivity index (χ2v) is 6.38. The molecule has 3 nitrogen and oxygen atoms in total. The molecule has 0 spiro atoms. The Balaban J connectivity index is 2.08. The summed E-state index contributed by atoms with van der Waals surface area (Å²) in [4.78, 5) is 5.74. The van der Waals surface area contributed by atoms with Crippen LogP contribution in [-0.2, 0) is 12.4 Å². The third-order valence-corrected chi connectivity index (χ3v) is 4.55. The van der Waals surface area contributed by atoms with Crippen LogP contribution in [0.15, 0.2) is 30.3 Å². The summed E-state index contributed by atoms with van der Waals surface area (Å²) in [6.45, 7) is 0.724. The van der Waals surface area contributed by atoms with Crippen molar-refractivity contribution in [1.29, 1.82) is 0 Å². The zero-order chi connectivity index (χ0) is 14.1. The van der Waals surface area contributed by atoms with Crippen LogP contribution in [0, 0.1) is 0 Å². The maximum atomic E-state index is 6.01. The zero-order valence-electron chi connectivity index (χ0n) is 10.8. The van der Waals surface area contributed by atoms with Crippen molar-refractivity contribution in [3.8, 4) is 5.75 Å². The molecule has 0 amide bonds. The average Bonchev–Trinajstić information content (AvgIpc) is 3.02. The molecule has 0 fully saturated rings. The van der Waals surface area contributed by atoms with E-state index in [0.717, 1.165) is 33.5 Å². The number of imidazole rings is 1. The van der Waals surface area contributed by atoms with Crippen molar-refractivity contribution in [3.05, 3.63) is 45.4 Å². The van der Waals surface area contributed by atoms with E-state index in [1.807, 2.05) is 30.3 Å². The lowest BCUT2D eigenvalue weighted by Gasteiger charge is -2.06. The SMILES string of the molecule is COc1ccc2c(c1)nc(CCl)n2Cc1ccc(Cl)s1. The van der Waals surface area contributed by atoms with Crippen molar-refractivity contribution in [2.24, 2.45) is 0 Å². The average molecular weight is 327 g/mol. The van der Waals surface area contributed by atoms with Crippen LogP contribution in [0.5, 0.6) is 5.75 Å². The topological polar surface area (TPSA) is 27.1 Å². The van der Waals surface area contributed by atoms with Gasteiger partial charge in [0.1, 0.15) is 11.6 Å². The fourth-order valence-electron chi connectivity index (χ4n) is 2.16. The van der Waals surface area contributed by atoms with Gasteiger partial charge in [-0.15, -0.1) is 22.9 Å². The first-order chi connectivity index (χ1) is 9.71. The monoisotopic (exact) mass is 326 g/mol. The molecule has 0 N–H and O–H groups in total. The van der Waals surface area contributed by atoms with Crippen LogP contribution in [0.1, 0.15) is 10.7 Å². The Labute approximate surface area is 130 Å². The lowest BCUT2D eigenvalue weighted by molar-refractivity contribution is 0.415. The first-order valence-electron chi connectivity index (χ1n) is 6.04. The highest BCUT2D eigenvalue weighted by Gasteiger charge is 2.12. The van der Waals surface area contributed by atoms with Gasteiger partial charge in [0.15, 0.2) is 0 Å². The number of alkyl halides is 1. The van der Waals surface area contributed by atoms with Crippen molar-refractivity contribution in [2.75, 3.05) is 7.11 Å². The summed E-state index contributed by atoms with van der Waals surface area (Å²) in [5.41, 5.74) is 1.94. The number of aromatic nitrogens is 2. The van der Waals surface area contributed by atoms with Gasteiger partial charge in [-0.25, -0.2) is 4.98 Å². The molecule has 0 atom stereocenters. The van der Waals surface area contributed by atoms with E-state index in [4.69, 9.17) is 27.9 Å². The summed E-state index contributed by atoms with van der Waals surface area (Å²) < 4.78 is 8.13. The number of hydrogen-bond acceptors (Lipinski definition) is 3. The van der Waals surface area contributed by atoms with E-state index in [0.29, 0.717) is 5.88 Å². The quantitative estimate of drug-likeness (QED) is 0.658. The highest BCUT2D eigenvalue weighted by molar-refractivity contribution is 7.16. The number of thiophene rings is 1. The van der Waals surface area contributed by atoms with Crippen LogP contribution >= 0.6 is 34.5 Å². The first-order valence-corrected chi connectivity index (χ1v) is 7.77. The molecule has 0 aliphatic rings. The first kappa shape index (κ1) is 13.7. The van der Waals surface area contributed by atoms with E-state index in [2.05, 4.69) is 9.55 Å². The summed E-state index contributed by atoms with van der Waals surface area (Å²) in [6, 6.07) is 9.79. The van der Waals surface area contributed by atoms with Crippen LogP contribution in [0.3, 0.4) is 0 Å². The summed E-state index contributed by atoms with van der Waals surface area (Å²) >= 11 is 13.6. The van der Waals surface area contributed by atoms with E-state index in [1.165, 1.54) is 4.88 Å². The van der Waals surface area contributed by atoms with Gasteiger partial charge >= 0.3 is 0 Å². The molecule has 6 heteroatoms. The van der Waals surface area contributed by atoms with Crippen LogP contribution < -0.4 is 4.74 Å². The Hall–Kier alpha value is -1.23. The van der Waals surface area contributed by atoms with Gasteiger partial charge < -0.3 is 9.30 Å². The maximum absolute atomic E-state index is 6.01. The highest BCUT2D eigenvalue weighted by atomic mass is 35.5. The number of ether oxygens (including phenoxy) is 1. The Kier molecular flexibility index (Phi) is 3.87. The van der Waals surface area contributed by atoms with Gasteiger partial charge in [-0.05, 0) is 24.3 Å². The van der Waals surface area contributed by atoms with Crippen molar-refractivity contribution >= 4 is 45.6 Å². The molecule has 3 aromatic rings. The molecule has 0 radical (unpaired) electrons. The third kappa shape index (κ3) is 2.51. The molecule has 0 aliphatic heterocycles. The van der Waals surface area contributed by atoms with Gasteiger partial charge in [0.25, 0.3) is 0 Å². The van der Waals surface area contributed by atoms with E-state index in [-0.39, 0.29) is 0 Å². The third-order valence-electron chi connectivity index (χ3n) is 3.10. The van der Waals surface area contributed by atoms with Gasteiger partial charge in [-0.3, -0.25) is 0 Å². The van der Waals surface area contributed by atoms with E-state index in [1.54, 1.807) is 18.4 Å². The van der Waals surface area contributed by atoms with Crippen LogP contribution in [0.4, 0.5) is 0 Å². The van der Waals surface area contributed by atoms with Gasteiger partial charge in [-0.1, -0.05) is 11.6 Å². The Bertz CT molecular complexity index is 751. The lowest BCUT2D eigenvalue weighted by Crippen LogP contribution is -2.02. The minimum absolute atomic E-state index is 0.371. The van der Waals surface area contributed by atoms with Crippen LogP contribution in [0.2, 0.25) is 4.34 Å². The number of nitrogens with zero attached hydrogens (tertiary/aromatic N) is 2. The van der Waals surface area contributed by atoms with E-state index >= 15 is 0 Å². The summed E-state index contributed by atoms with van der Waals surface area (Å²) in [5.74, 6) is 2.01. The van der Waals surface area contributed by atoms with E-state index in [9.17, 15) is 0 Å². The Morgan fingerprint density at radius 2 is 2.15 bits per heavy atom. The highest BCUT2D eigenvalue weighted by Crippen LogP contribution is 2.27. The number of fused-ring (bicyclic) bond motifs is 1. The molecular formula is C14H12Cl2N2OS. The van der Waals surface area contributed by atoms with Gasteiger partial charge in [0.2, 0.25) is 0 Å². The van der Waals surface area contributed by atoms with Gasteiger partial charge in [-0.2, -0.15) is 0 Å². The molecule has 20 heavy (non-hydrogen) atoms. The maximum Gasteiger partial charge on any atom is 0.125 e. The molecule has 3 rings (SSSR count). The molecule has 0 bridgehead atoms. The van der Waals surface area contributed by atoms with E-state index < -0.39 is 0 Å². The minimum atomic E-state index is 0.371. The Morgan fingerprint density at radius 3 is 2.80 bits per heavy atom. The number of benzene rings is 1. The fraction of sp³-hybridized carbons (Fsp3) is 0.214. The van der Waals surface area contributed by atoms with Crippen molar-refractivity contribution in [3.63, 3.8) is 0 Å². The lowest BCUT2D eigenvalue weighted by atomic mass is 10.3. The predicted molar refractivity (Wildman–Crippen MR) is 84.3 cm³/mol. The molecular weight excluding hydrogens is 315 g/mol. The zero-order valence-corrected chi connectivity index (χ0v) is 13.1. The molecule has 0 aliphatic carbocycles. The molecule has 2 heterocycles. The fourth-order valence-corrected chi connectivity index (χ4v) is 3.44. The van der Waals surface area contributed by atoms with Gasteiger partial charge in [0.05, 0.1) is 34.9 Å². The molecule has 2 aromatic heterocycles. The molecule has 1 aromatic carbocycles. The second kappa shape index (κ2) is 5.64. The Morgan fingerprint density at radius 1 is 1.30 bits per heavy atom. The molecule has 104 valence electrons. The molecule has 0 saturated heterocycles. The number of hydrogen-bond donors (Lipinski definition) is 0. The summed E-state index contributed by atoms with van der Waals surface area (Å²) in [5, 5.41) is 0. The van der Waals surface area contributed by atoms with Crippen LogP contribution in [-0.4, -0.2) is 16.7 Å². The largest absolute Gasteiger partial charge is 0.497 e. The number of halogens is 2. The smallest absolute Gasteiger partial charge is 0.125 e. The molecule has 0 saturated carbocycles. The van der Waals surface area contributed by atoms with Gasteiger partial charge in [0, 0.05) is 10.9 Å². The normalized spacial score (nSPS) is 11.2. The van der Waals surface area contributed by atoms with Crippen molar-refractivity contribution in [1.82, 2.24) is 9.55 Å². The summed E-state index contributed by atoms with van der Waals surface area (Å²) in [6.07, 6.45) is 0. The predicted octanol–water partition coefficient (Wildman–Crippen LogP) is 4.55. The summed E-state index contributed by atoms with van der Waals surface area (Å²) in [7, 11) is 1.65.